The van der Waals surface area contributed by atoms with Crippen LogP contribution in [0.3, 0.4) is 0 Å². The fraction of sp³-hybridized carbons (Fsp3) is 0.200. The average molecular weight is 359 g/mol. The van der Waals surface area contributed by atoms with E-state index in [-0.39, 0.29) is 17.6 Å². The number of amides is 1. The lowest BCUT2D eigenvalue weighted by molar-refractivity contribution is -0.137. The molecule has 1 aliphatic heterocycles. The lowest BCUT2D eigenvalue weighted by Crippen LogP contribution is -2.40. The highest BCUT2D eigenvalue weighted by Crippen LogP contribution is 2.33. The van der Waals surface area contributed by atoms with Crippen molar-refractivity contribution in [3.63, 3.8) is 0 Å². The quantitative estimate of drug-likeness (QED) is 0.834. The van der Waals surface area contributed by atoms with Gasteiger partial charge in [-0.25, -0.2) is 4.98 Å². The van der Waals surface area contributed by atoms with Crippen LogP contribution in [0, 0.1) is 0 Å². The third kappa shape index (κ3) is 3.53. The van der Waals surface area contributed by atoms with Gasteiger partial charge < -0.3 is 14.8 Å². The number of nitrogens with zero attached hydrogens (tertiary/aromatic N) is 1. The summed E-state index contributed by atoms with van der Waals surface area (Å²) in [5.74, 6) is -0.143. The van der Waals surface area contributed by atoms with Crippen LogP contribution in [0.4, 0.5) is 19.0 Å². The van der Waals surface area contributed by atoms with E-state index in [0.717, 1.165) is 0 Å². The Hall–Kier alpha value is -2.48. The molecule has 3 rings (SSSR count). The summed E-state index contributed by atoms with van der Waals surface area (Å²) in [4.78, 5) is 15.8. The van der Waals surface area contributed by atoms with Crippen molar-refractivity contribution < 1.29 is 27.4 Å². The van der Waals surface area contributed by atoms with Crippen LogP contribution < -0.4 is 14.8 Å². The highest BCUT2D eigenvalue weighted by Gasteiger charge is 2.32. The summed E-state index contributed by atoms with van der Waals surface area (Å²) in [5, 5.41) is 1.87. The number of anilines is 1. The summed E-state index contributed by atoms with van der Waals surface area (Å²) in [7, 11) is 0. The van der Waals surface area contributed by atoms with Gasteiger partial charge in [-0.15, -0.1) is 0 Å². The number of fused-ring (bicyclic) bond motifs is 1. The summed E-state index contributed by atoms with van der Waals surface area (Å²) in [6, 6.07) is 8.12. The number of ether oxygens (including phenoxy) is 2. The Bertz CT molecular complexity index is 783. The lowest BCUT2D eigenvalue weighted by Gasteiger charge is -2.25. The second kappa shape index (κ2) is 6.20. The number of hydrogen-bond donors (Lipinski definition) is 1. The van der Waals surface area contributed by atoms with E-state index in [2.05, 4.69) is 10.3 Å². The summed E-state index contributed by atoms with van der Waals surface area (Å²) >= 11 is 5.57. The zero-order valence-corrected chi connectivity index (χ0v) is 12.7. The molecule has 1 amide bonds. The molecule has 1 aliphatic rings. The van der Waals surface area contributed by atoms with Gasteiger partial charge in [0, 0.05) is 0 Å². The van der Waals surface area contributed by atoms with E-state index in [1.165, 1.54) is 0 Å². The van der Waals surface area contributed by atoms with Crippen molar-refractivity contribution in [2.24, 2.45) is 0 Å². The average Bonchev–Trinajstić information content (AvgIpc) is 2.53. The van der Waals surface area contributed by atoms with Crippen LogP contribution in [0.15, 0.2) is 36.4 Å². The smallest absolute Gasteiger partial charge is 0.416 e. The number of carbonyl (C=O) groups is 1. The molecule has 1 aromatic heterocycles. The topological polar surface area (TPSA) is 60.5 Å². The third-order valence-corrected chi connectivity index (χ3v) is 3.37. The van der Waals surface area contributed by atoms with Crippen molar-refractivity contribution in [3.05, 3.63) is 47.1 Å². The van der Waals surface area contributed by atoms with Gasteiger partial charge in [0.2, 0.25) is 6.10 Å². The molecule has 9 heteroatoms. The van der Waals surface area contributed by atoms with Gasteiger partial charge in [0.25, 0.3) is 5.91 Å². The van der Waals surface area contributed by atoms with Gasteiger partial charge in [0.05, 0.1) is 5.56 Å². The van der Waals surface area contributed by atoms with Crippen LogP contribution in [0.25, 0.3) is 0 Å². The van der Waals surface area contributed by atoms with Crippen molar-refractivity contribution >= 4 is 23.3 Å². The van der Waals surface area contributed by atoms with Crippen molar-refractivity contribution in [1.29, 1.82) is 0 Å². The van der Waals surface area contributed by atoms with Gasteiger partial charge in [-0.2, -0.15) is 13.2 Å². The van der Waals surface area contributed by atoms with Gasteiger partial charge in [0.1, 0.15) is 17.6 Å². The largest absolute Gasteiger partial charge is 0.485 e. The second-order valence-corrected chi connectivity index (χ2v) is 5.30. The molecule has 1 N–H and O–H groups in total. The predicted molar refractivity (Wildman–Crippen MR) is 79.2 cm³/mol. The van der Waals surface area contributed by atoms with Gasteiger partial charge in [-0.3, -0.25) is 4.79 Å². The van der Waals surface area contributed by atoms with E-state index in [0.29, 0.717) is 23.6 Å². The minimum absolute atomic E-state index is 0.0739. The number of rotatable bonds is 2. The maximum Gasteiger partial charge on any atom is 0.416 e. The van der Waals surface area contributed by atoms with Crippen LogP contribution in [0.1, 0.15) is 5.56 Å². The summed E-state index contributed by atoms with van der Waals surface area (Å²) in [5.41, 5.74) is -1.01. The Morgan fingerprint density at radius 3 is 2.67 bits per heavy atom. The molecule has 0 saturated heterocycles. The van der Waals surface area contributed by atoms with Crippen molar-refractivity contribution in [2.45, 2.75) is 12.3 Å². The van der Waals surface area contributed by atoms with Gasteiger partial charge in [0.15, 0.2) is 11.5 Å². The van der Waals surface area contributed by atoms with Gasteiger partial charge in [-0.1, -0.05) is 23.7 Å². The fourth-order valence-corrected chi connectivity index (χ4v) is 2.29. The fourth-order valence-electron chi connectivity index (χ4n) is 2.08. The minimum atomic E-state index is -4.60. The molecule has 2 heterocycles. The number of aromatic nitrogens is 1. The monoisotopic (exact) mass is 358 g/mol. The molecule has 5 nitrogen and oxygen atoms in total. The van der Waals surface area contributed by atoms with Crippen LogP contribution in [-0.2, 0) is 11.0 Å². The van der Waals surface area contributed by atoms with E-state index in [4.69, 9.17) is 21.1 Å². The Balaban J connectivity index is 1.75. The molecule has 0 bridgehead atoms. The number of benzene rings is 1. The van der Waals surface area contributed by atoms with E-state index in [9.17, 15) is 18.0 Å². The zero-order valence-electron chi connectivity index (χ0n) is 11.9. The van der Waals surface area contributed by atoms with E-state index < -0.39 is 23.8 Å². The molecular weight excluding hydrogens is 349 g/mol. The number of carbonyl (C=O) groups excluding carboxylic acids is 1. The molecule has 1 atom stereocenters. The summed E-state index contributed by atoms with van der Waals surface area (Å²) in [6.07, 6.45) is -5.62. The van der Waals surface area contributed by atoms with Crippen molar-refractivity contribution in [3.8, 4) is 11.5 Å². The summed E-state index contributed by atoms with van der Waals surface area (Å²) in [6.45, 7) is -0.0739. The Morgan fingerprint density at radius 2 is 1.96 bits per heavy atom. The third-order valence-electron chi connectivity index (χ3n) is 3.17. The molecule has 0 spiro atoms. The van der Waals surface area contributed by atoms with Crippen LogP contribution in [-0.4, -0.2) is 23.6 Å². The van der Waals surface area contributed by atoms with Crippen LogP contribution in [0.2, 0.25) is 5.15 Å². The molecule has 1 aromatic carbocycles. The van der Waals surface area contributed by atoms with Crippen LogP contribution >= 0.6 is 11.6 Å². The van der Waals surface area contributed by atoms with Gasteiger partial charge >= 0.3 is 6.18 Å². The number of hydrogen-bond acceptors (Lipinski definition) is 4. The molecule has 0 fully saturated rings. The second-order valence-electron chi connectivity index (χ2n) is 4.92. The highest BCUT2D eigenvalue weighted by atomic mass is 35.5. The zero-order chi connectivity index (χ0) is 17.3. The molecule has 2 aromatic rings. The Labute approximate surface area is 139 Å². The van der Waals surface area contributed by atoms with Crippen LogP contribution in [0.5, 0.6) is 11.5 Å². The number of pyridine rings is 1. The molecule has 0 saturated carbocycles. The first-order valence-electron chi connectivity index (χ1n) is 6.77. The van der Waals surface area contributed by atoms with Crippen molar-refractivity contribution in [2.75, 3.05) is 11.9 Å². The first kappa shape index (κ1) is 16.4. The highest BCUT2D eigenvalue weighted by molar-refractivity contribution is 6.29. The molecule has 24 heavy (non-hydrogen) atoms. The summed E-state index contributed by atoms with van der Waals surface area (Å²) < 4.78 is 49.1. The number of nitrogens with one attached hydrogen (secondary N) is 1. The van der Waals surface area contributed by atoms with E-state index in [1.807, 2.05) is 0 Å². The lowest BCUT2D eigenvalue weighted by atomic mass is 10.2. The Morgan fingerprint density at radius 1 is 1.25 bits per heavy atom. The molecule has 126 valence electrons. The van der Waals surface area contributed by atoms with Crippen molar-refractivity contribution in [1.82, 2.24) is 4.98 Å². The molecule has 0 aliphatic carbocycles. The standard InChI is InChI=1S/C15H10ClF3N2O3/c16-12-5-8(15(17,18)19)6-13(20-12)21-14(22)11-7-23-9-3-1-2-4-10(9)24-11/h1-6,11H,7H2,(H,20,21,22)/t11-/m1/s1. The SMILES string of the molecule is O=C(Nc1cc(C(F)(F)F)cc(Cl)n1)[C@H]1COc2ccccc2O1. The normalized spacial score (nSPS) is 16.6. The first-order chi connectivity index (χ1) is 11.3. The van der Waals surface area contributed by atoms with E-state index >= 15 is 0 Å². The molecule has 0 unspecified atom stereocenters. The predicted octanol–water partition coefficient (Wildman–Crippen LogP) is 3.53. The van der Waals surface area contributed by atoms with E-state index in [1.54, 1.807) is 24.3 Å². The maximum atomic E-state index is 12.8. The first-order valence-corrected chi connectivity index (χ1v) is 7.15. The molecule has 0 radical (unpaired) electrons. The minimum Gasteiger partial charge on any atom is -0.485 e. The number of alkyl halides is 3. The maximum absolute atomic E-state index is 12.8. The molecular formula is C15H10ClF3N2O3. The van der Waals surface area contributed by atoms with Gasteiger partial charge in [-0.05, 0) is 24.3 Å². The number of halogens is 4. The Kier molecular flexibility index (Phi) is 4.23. The number of para-hydroxylation sites is 2.